The van der Waals surface area contributed by atoms with Gasteiger partial charge in [0.05, 0.1) is 6.61 Å². The maximum absolute atomic E-state index is 11.3. The molecule has 0 aliphatic carbocycles. The third kappa shape index (κ3) is 5.64. The number of hydrogen-bond acceptors (Lipinski definition) is 4. The van der Waals surface area contributed by atoms with E-state index in [0.29, 0.717) is 12.0 Å². The van der Waals surface area contributed by atoms with Crippen LogP contribution in [0.5, 0.6) is 11.5 Å². The molecule has 136 valence electrons. The van der Waals surface area contributed by atoms with Crippen LogP contribution in [0.3, 0.4) is 0 Å². The van der Waals surface area contributed by atoms with Crippen molar-refractivity contribution >= 4 is 16.7 Å². The van der Waals surface area contributed by atoms with E-state index >= 15 is 0 Å². The molecular weight excluding hydrogens is 320 g/mol. The van der Waals surface area contributed by atoms with Crippen LogP contribution in [0.15, 0.2) is 30.3 Å². The van der Waals surface area contributed by atoms with Crippen LogP contribution >= 0.6 is 0 Å². The summed E-state index contributed by atoms with van der Waals surface area (Å²) in [4.78, 5) is 11.3. The number of fused-ring (bicyclic) bond motifs is 1. The average molecular weight is 346 g/mol. The lowest BCUT2D eigenvalue weighted by molar-refractivity contribution is 0.0696. The molecule has 2 aromatic rings. The van der Waals surface area contributed by atoms with E-state index in [9.17, 15) is 15.0 Å². The lowest BCUT2D eigenvalue weighted by Gasteiger charge is -2.09. The predicted molar refractivity (Wildman–Crippen MR) is 97.6 cm³/mol. The number of unbranched alkanes of at least 4 members (excludes halogenated alkanes) is 5. The summed E-state index contributed by atoms with van der Waals surface area (Å²) in [5.74, 6) is -0.643. The molecule has 2 N–H and O–H groups in total. The number of methoxy groups -OCH3 is 1. The second-order valence-electron chi connectivity index (χ2n) is 6.11. The minimum Gasteiger partial charge on any atom is -0.507 e. The van der Waals surface area contributed by atoms with Crippen LogP contribution < -0.4 is 4.74 Å². The molecule has 0 aliphatic heterocycles. The van der Waals surface area contributed by atoms with Crippen LogP contribution in [-0.4, -0.2) is 36.5 Å². The molecule has 0 amide bonds. The number of carbonyl (C=O) groups is 1. The summed E-state index contributed by atoms with van der Waals surface area (Å²) in [5, 5.41) is 20.2. The topological polar surface area (TPSA) is 76.0 Å². The predicted octanol–water partition coefficient (Wildman–Crippen LogP) is 4.61. The van der Waals surface area contributed by atoms with Gasteiger partial charge in [0.25, 0.3) is 0 Å². The fourth-order valence-corrected chi connectivity index (χ4v) is 2.86. The zero-order chi connectivity index (χ0) is 18.1. The number of aromatic carboxylic acids is 1. The maximum Gasteiger partial charge on any atom is 0.340 e. The van der Waals surface area contributed by atoms with E-state index in [0.717, 1.165) is 37.0 Å². The molecule has 5 heteroatoms. The van der Waals surface area contributed by atoms with Gasteiger partial charge in [0.2, 0.25) is 0 Å². The summed E-state index contributed by atoms with van der Waals surface area (Å²) in [5.41, 5.74) is -0.0717. The van der Waals surface area contributed by atoms with Gasteiger partial charge >= 0.3 is 5.97 Å². The number of aromatic hydroxyl groups is 1. The molecule has 2 rings (SSSR count). The lowest BCUT2D eigenvalue weighted by atomic mass is 10.0. The number of carboxylic acids is 1. The quantitative estimate of drug-likeness (QED) is 0.581. The Labute approximate surface area is 148 Å². The van der Waals surface area contributed by atoms with Gasteiger partial charge < -0.3 is 19.7 Å². The third-order valence-electron chi connectivity index (χ3n) is 4.19. The minimum absolute atomic E-state index is 0.0717. The Morgan fingerprint density at radius 2 is 1.64 bits per heavy atom. The molecule has 0 fully saturated rings. The zero-order valence-electron chi connectivity index (χ0n) is 14.7. The standard InChI is InChI=1S/C20H26O5/c1-24-12-6-4-2-3-5-7-13-25-16-9-10-17-15(14-16)8-11-18(21)19(17)20(22)23/h8-11,14,21H,2-7,12-13H2,1H3,(H,22,23). The van der Waals surface area contributed by atoms with Crippen LogP contribution in [0, 0.1) is 0 Å². The smallest absolute Gasteiger partial charge is 0.340 e. The summed E-state index contributed by atoms with van der Waals surface area (Å²) in [6.07, 6.45) is 6.89. The van der Waals surface area contributed by atoms with Crippen molar-refractivity contribution in [1.29, 1.82) is 0 Å². The van der Waals surface area contributed by atoms with Crippen LogP contribution in [0.4, 0.5) is 0 Å². The molecule has 0 radical (unpaired) electrons. The van der Waals surface area contributed by atoms with Gasteiger partial charge in [-0.1, -0.05) is 31.7 Å². The second-order valence-corrected chi connectivity index (χ2v) is 6.11. The highest BCUT2D eigenvalue weighted by molar-refractivity contribution is 6.06. The molecule has 5 nitrogen and oxygen atoms in total. The molecule has 0 heterocycles. The van der Waals surface area contributed by atoms with Crippen LogP contribution in [0.2, 0.25) is 0 Å². The van der Waals surface area contributed by atoms with Crippen molar-refractivity contribution in [2.45, 2.75) is 38.5 Å². The highest BCUT2D eigenvalue weighted by Gasteiger charge is 2.14. The fraction of sp³-hybridized carbons (Fsp3) is 0.450. The van der Waals surface area contributed by atoms with Gasteiger partial charge in [-0.2, -0.15) is 0 Å². The largest absolute Gasteiger partial charge is 0.507 e. The van der Waals surface area contributed by atoms with Gasteiger partial charge in [-0.3, -0.25) is 0 Å². The number of rotatable bonds is 11. The van der Waals surface area contributed by atoms with Gasteiger partial charge in [0.1, 0.15) is 17.1 Å². The molecule has 25 heavy (non-hydrogen) atoms. The number of hydrogen-bond donors (Lipinski definition) is 2. The number of ether oxygens (including phenoxy) is 2. The Morgan fingerprint density at radius 1 is 0.960 bits per heavy atom. The summed E-state index contributed by atoms with van der Waals surface area (Å²) in [6.45, 7) is 1.49. The first-order valence-electron chi connectivity index (χ1n) is 8.74. The monoisotopic (exact) mass is 346 g/mol. The Morgan fingerprint density at radius 3 is 2.32 bits per heavy atom. The van der Waals surface area contributed by atoms with E-state index in [1.807, 2.05) is 6.07 Å². The first-order valence-corrected chi connectivity index (χ1v) is 8.74. The van der Waals surface area contributed by atoms with Crippen molar-refractivity contribution in [3.05, 3.63) is 35.9 Å². The summed E-state index contributed by atoms with van der Waals surface area (Å²) < 4.78 is 10.8. The van der Waals surface area contributed by atoms with E-state index in [2.05, 4.69) is 0 Å². The van der Waals surface area contributed by atoms with Crippen molar-refractivity contribution in [3.8, 4) is 11.5 Å². The molecule has 0 saturated carbocycles. The Bertz CT molecular complexity index is 696. The highest BCUT2D eigenvalue weighted by atomic mass is 16.5. The van der Waals surface area contributed by atoms with E-state index in [-0.39, 0.29) is 11.3 Å². The van der Waals surface area contributed by atoms with E-state index in [4.69, 9.17) is 9.47 Å². The second kappa shape index (κ2) is 9.89. The van der Waals surface area contributed by atoms with E-state index < -0.39 is 5.97 Å². The molecule has 0 aliphatic rings. The minimum atomic E-state index is -1.14. The van der Waals surface area contributed by atoms with Crippen molar-refractivity contribution in [2.24, 2.45) is 0 Å². The Balaban J connectivity index is 1.81. The SMILES string of the molecule is COCCCCCCCCOc1ccc2c(C(=O)O)c(O)ccc2c1. The van der Waals surface area contributed by atoms with Crippen molar-refractivity contribution in [1.82, 2.24) is 0 Å². The molecule has 2 aromatic carbocycles. The maximum atomic E-state index is 11.3. The third-order valence-corrected chi connectivity index (χ3v) is 4.19. The molecule has 0 aromatic heterocycles. The highest BCUT2D eigenvalue weighted by Crippen LogP contribution is 2.29. The molecule has 0 spiro atoms. The zero-order valence-corrected chi connectivity index (χ0v) is 14.7. The lowest BCUT2D eigenvalue weighted by Crippen LogP contribution is -2.00. The van der Waals surface area contributed by atoms with Gasteiger partial charge in [0, 0.05) is 19.1 Å². The molecular formula is C20H26O5. The summed E-state index contributed by atoms with van der Waals surface area (Å²) in [6, 6.07) is 8.34. The summed E-state index contributed by atoms with van der Waals surface area (Å²) >= 11 is 0. The fourth-order valence-electron chi connectivity index (χ4n) is 2.86. The van der Waals surface area contributed by atoms with Crippen molar-refractivity contribution in [2.75, 3.05) is 20.3 Å². The summed E-state index contributed by atoms with van der Waals surface area (Å²) in [7, 11) is 1.73. The van der Waals surface area contributed by atoms with Gasteiger partial charge in [-0.15, -0.1) is 0 Å². The van der Waals surface area contributed by atoms with Crippen LogP contribution in [-0.2, 0) is 4.74 Å². The van der Waals surface area contributed by atoms with Gasteiger partial charge in [-0.25, -0.2) is 4.79 Å². The van der Waals surface area contributed by atoms with Gasteiger partial charge in [0.15, 0.2) is 0 Å². The Hall–Kier alpha value is -2.27. The van der Waals surface area contributed by atoms with Crippen LogP contribution in [0.1, 0.15) is 48.9 Å². The van der Waals surface area contributed by atoms with Crippen molar-refractivity contribution < 1.29 is 24.5 Å². The van der Waals surface area contributed by atoms with Crippen LogP contribution in [0.25, 0.3) is 10.8 Å². The number of benzene rings is 2. The molecule has 0 bridgehead atoms. The van der Waals surface area contributed by atoms with E-state index in [1.165, 1.54) is 25.3 Å². The molecule has 0 atom stereocenters. The first kappa shape index (κ1) is 19.1. The average Bonchev–Trinajstić information content (AvgIpc) is 2.60. The molecule has 0 unspecified atom stereocenters. The first-order chi connectivity index (χ1) is 12.1. The Kier molecular flexibility index (Phi) is 7.54. The normalized spacial score (nSPS) is 10.9. The molecule has 0 saturated heterocycles. The number of carboxylic acid groups (broad SMARTS) is 1. The van der Waals surface area contributed by atoms with Crippen molar-refractivity contribution in [3.63, 3.8) is 0 Å². The van der Waals surface area contributed by atoms with E-state index in [1.54, 1.807) is 25.3 Å². The van der Waals surface area contributed by atoms with Gasteiger partial charge in [-0.05, 0) is 42.5 Å². The number of phenols is 1.